The quantitative estimate of drug-likeness (QED) is 0.716. The molecule has 1 amide bonds. The zero-order valence-electron chi connectivity index (χ0n) is 14.9. The maximum absolute atomic E-state index is 12.5. The number of carbonyl (C=O) groups excluding carboxylic acids is 1. The molecule has 8 heteroatoms. The number of sulfone groups is 1. The van der Waals surface area contributed by atoms with Crippen LogP contribution in [0.25, 0.3) is 0 Å². The van der Waals surface area contributed by atoms with Crippen molar-refractivity contribution in [3.05, 3.63) is 42.0 Å². The molecule has 0 radical (unpaired) electrons. The van der Waals surface area contributed by atoms with Gasteiger partial charge in [-0.1, -0.05) is 6.07 Å². The number of carbonyl (C=O) groups is 1. The third kappa shape index (κ3) is 4.66. The molecular formula is C18H22N2O5S. The minimum Gasteiger partial charge on any atom is -0.493 e. The first-order valence-corrected chi connectivity index (χ1v) is 9.53. The Morgan fingerprint density at radius 2 is 1.77 bits per heavy atom. The lowest BCUT2D eigenvalue weighted by Gasteiger charge is -2.11. The topological polar surface area (TPSA) is 108 Å². The third-order valence-corrected chi connectivity index (χ3v) is 5.56. The van der Waals surface area contributed by atoms with E-state index in [0.29, 0.717) is 22.9 Å². The standard InChI is InChI=1S/C18H22N2O5S/c1-12-4-5-13(19)10-15(12)20-18(21)8-9-26(22,23)14-6-7-16(24-2)17(11-14)25-3/h4-7,10-11H,8-9,19H2,1-3H3,(H,20,21). The van der Waals surface area contributed by atoms with Gasteiger partial charge in [0.25, 0.3) is 0 Å². The summed E-state index contributed by atoms with van der Waals surface area (Å²) in [5, 5.41) is 2.69. The number of nitrogens with one attached hydrogen (secondary N) is 1. The van der Waals surface area contributed by atoms with Crippen molar-refractivity contribution in [2.45, 2.75) is 18.2 Å². The van der Waals surface area contributed by atoms with Crippen LogP contribution in [-0.2, 0) is 14.6 Å². The fourth-order valence-corrected chi connectivity index (χ4v) is 3.59. The van der Waals surface area contributed by atoms with Crippen molar-refractivity contribution < 1.29 is 22.7 Å². The number of amides is 1. The molecule has 26 heavy (non-hydrogen) atoms. The summed E-state index contributed by atoms with van der Waals surface area (Å²) in [5.41, 5.74) is 7.63. The van der Waals surface area contributed by atoms with Gasteiger partial charge in [-0.05, 0) is 36.8 Å². The molecule has 0 fully saturated rings. The minimum atomic E-state index is -3.64. The molecule has 0 saturated heterocycles. The van der Waals surface area contributed by atoms with Crippen LogP contribution in [0.4, 0.5) is 11.4 Å². The summed E-state index contributed by atoms with van der Waals surface area (Å²) in [4.78, 5) is 12.2. The van der Waals surface area contributed by atoms with E-state index in [9.17, 15) is 13.2 Å². The van der Waals surface area contributed by atoms with Crippen LogP contribution in [0.1, 0.15) is 12.0 Å². The molecule has 7 nitrogen and oxygen atoms in total. The van der Waals surface area contributed by atoms with Gasteiger partial charge in [-0.3, -0.25) is 4.79 Å². The molecule has 0 spiro atoms. The number of nitrogens with two attached hydrogens (primary N) is 1. The second-order valence-corrected chi connectivity index (χ2v) is 7.82. The second-order valence-electron chi connectivity index (χ2n) is 5.71. The second kappa shape index (κ2) is 8.09. The number of methoxy groups -OCH3 is 2. The largest absolute Gasteiger partial charge is 0.493 e. The summed E-state index contributed by atoms with van der Waals surface area (Å²) in [6.45, 7) is 1.83. The maximum atomic E-state index is 12.5. The molecule has 0 aliphatic heterocycles. The number of rotatable bonds is 7. The van der Waals surface area contributed by atoms with Crippen molar-refractivity contribution in [2.75, 3.05) is 31.0 Å². The lowest BCUT2D eigenvalue weighted by atomic mass is 10.2. The first-order valence-electron chi connectivity index (χ1n) is 7.87. The highest BCUT2D eigenvalue weighted by molar-refractivity contribution is 7.91. The summed E-state index contributed by atoms with van der Waals surface area (Å²) >= 11 is 0. The molecular weight excluding hydrogens is 356 g/mol. The summed E-state index contributed by atoms with van der Waals surface area (Å²) < 4.78 is 35.2. The van der Waals surface area contributed by atoms with Crippen LogP contribution in [0.5, 0.6) is 11.5 Å². The number of ether oxygens (including phenoxy) is 2. The molecule has 0 aliphatic carbocycles. The van der Waals surface area contributed by atoms with Gasteiger partial charge in [-0.25, -0.2) is 8.42 Å². The van der Waals surface area contributed by atoms with Gasteiger partial charge in [-0.15, -0.1) is 0 Å². The number of nitrogen functional groups attached to an aromatic ring is 1. The van der Waals surface area contributed by atoms with Crippen molar-refractivity contribution >= 4 is 27.1 Å². The fourth-order valence-electron chi connectivity index (χ4n) is 2.34. The number of anilines is 2. The van der Waals surface area contributed by atoms with Gasteiger partial charge in [0.05, 0.1) is 24.9 Å². The van der Waals surface area contributed by atoms with Crippen LogP contribution in [0.15, 0.2) is 41.3 Å². The van der Waals surface area contributed by atoms with Crippen molar-refractivity contribution in [3.63, 3.8) is 0 Å². The molecule has 2 aromatic carbocycles. The molecule has 0 atom stereocenters. The number of aryl methyl sites for hydroxylation is 1. The predicted octanol–water partition coefficient (Wildman–Crippen LogP) is 2.40. The van der Waals surface area contributed by atoms with E-state index in [1.54, 1.807) is 18.2 Å². The minimum absolute atomic E-state index is 0.0723. The van der Waals surface area contributed by atoms with Crippen molar-refractivity contribution in [3.8, 4) is 11.5 Å². The highest BCUT2D eigenvalue weighted by Crippen LogP contribution is 2.30. The van der Waals surface area contributed by atoms with Crippen molar-refractivity contribution in [1.82, 2.24) is 0 Å². The normalized spacial score (nSPS) is 11.0. The average Bonchev–Trinajstić information content (AvgIpc) is 2.62. The average molecular weight is 378 g/mol. The molecule has 0 bridgehead atoms. The van der Waals surface area contributed by atoms with E-state index in [0.717, 1.165) is 5.56 Å². The summed E-state index contributed by atoms with van der Waals surface area (Å²) in [7, 11) is -0.751. The molecule has 0 aliphatic rings. The fraction of sp³-hybridized carbons (Fsp3) is 0.278. The lowest BCUT2D eigenvalue weighted by Crippen LogP contribution is -2.18. The van der Waals surface area contributed by atoms with Crippen LogP contribution < -0.4 is 20.5 Å². The van der Waals surface area contributed by atoms with E-state index in [1.807, 2.05) is 6.92 Å². The van der Waals surface area contributed by atoms with E-state index in [2.05, 4.69) is 5.32 Å². The Labute approximate surface area is 153 Å². The lowest BCUT2D eigenvalue weighted by molar-refractivity contribution is -0.115. The van der Waals surface area contributed by atoms with Gasteiger partial charge in [0.15, 0.2) is 21.3 Å². The maximum Gasteiger partial charge on any atom is 0.225 e. The molecule has 0 unspecified atom stereocenters. The smallest absolute Gasteiger partial charge is 0.225 e. The zero-order valence-corrected chi connectivity index (χ0v) is 15.7. The van der Waals surface area contributed by atoms with E-state index >= 15 is 0 Å². The zero-order chi connectivity index (χ0) is 19.3. The van der Waals surface area contributed by atoms with E-state index in [-0.39, 0.29) is 17.1 Å². The SMILES string of the molecule is COc1ccc(S(=O)(=O)CCC(=O)Nc2cc(N)ccc2C)cc1OC. The van der Waals surface area contributed by atoms with Gasteiger partial charge < -0.3 is 20.5 Å². The summed E-state index contributed by atoms with van der Waals surface area (Å²) in [6, 6.07) is 9.47. The summed E-state index contributed by atoms with van der Waals surface area (Å²) in [6.07, 6.45) is -0.176. The predicted molar refractivity (Wildman–Crippen MR) is 100 cm³/mol. The van der Waals surface area contributed by atoms with Crippen LogP contribution in [0.3, 0.4) is 0 Å². The Morgan fingerprint density at radius 3 is 2.42 bits per heavy atom. The number of benzene rings is 2. The Hall–Kier alpha value is -2.74. The number of hydrogen-bond donors (Lipinski definition) is 2. The van der Waals surface area contributed by atoms with Gasteiger partial charge >= 0.3 is 0 Å². The van der Waals surface area contributed by atoms with E-state index < -0.39 is 15.7 Å². The molecule has 0 heterocycles. The van der Waals surface area contributed by atoms with Crippen LogP contribution in [0, 0.1) is 6.92 Å². The first-order chi connectivity index (χ1) is 12.3. The highest BCUT2D eigenvalue weighted by Gasteiger charge is 2.19. The monoisotopic (exact) mass is 378 g/mol. The van der Waals surface area contributed by atoms with Crippen LogP contribution >= 0.6 is 0 Å². The number of hydrogen-bond acceptors (Lipinski definition) is 6. The molecule has 140 valence electrons. The highest BCUT2D eigenvalue weighted by atomic mass is 32.2. The van der Waals surface area contributed by atoms with Gasteiger partial charge in [-0.2, -0.15) is 0 Å². The van der Waals surface area contributed by atoms with Gasteiger partial charge in [0.2, 0.25) is 5.91 Å². The Kier molecular flexibility index (Phi) is 6.10. The summed E-state index contributed by atoms with van der Waals surface area (Å²) in [5.74, 6) is 0.0212. The van der Waals surface area contributed by atoms with Crippen LogP contribution in [0.2, 0.25) is 0 Å². The van der Waals surface area contributed by atoms with Crippen molar-refractivity contribution in [2.24, 2.45) is 0 Å². The molecule has 3 N–H and O–H groups in total. The molecule has 2 aromatic rings. The van der Waals surface area contributed by atoms with Gasteiger partial charge in [0.1, 0.15) is 0 Å². The Balaban J connectivity index is 2.08. The van der Waals surface area contributed by atoms with E-state index in [4.69, 9.17) is 15.2 Å². The third-order valence-electron chi connectivity index (χ3n) is 3.85. The van der Waals surface area contributed by atoms with Crippen molar-refractivity contribution in [1.29, 1.82) is 0 Å². The van der Waals surface area contributed by atoms with Crippen LogP contribution in [-0.4, -0.2) is 34.3 Å². The first kappa shape index (κ1) is 19.6. The Bertz CT molecular complexity index is 910. The molecule has 0 saturated carbocycles. The van der Waals surface area contributed by atoms with Gasteiger partial charge in [0, 0.05) is 23.9 Å². The van der Waals surface area contributed by atoms with E-state index in [1.165, 1.54) is 32.4 Å². The molecule has 0 aromatic heterocycles. The molecule has 2 rings (SSSR count). The Morgan fingerprint density at radius 1 is 1.08 bits per heavy atom.